The molecule has 0 atom stereocenters. The predicted molar refractivity (Wildman–Crippen MR) is 138 cm³/mol. The van der Waals surface area contributed by atoms with E-state index in [1.165, 1.54) is 19.3 Å². The largest absolute Gasteiger partial charge is 0.367 e. The van der Waals surface area contributed by atoms with Crippen LogP contribution < -0.4 is 10.2 Å². The Morgan fingerprint density at radius 3 is 2.29 bits per heavy atom. The molecule has 5 rings (SSSR count). The number of aromatic nitrogens is 2. The van der Waals surface area contributed by atoms with Crippen LogP contribution >= 0.6 is 0 Å². The first-order valence-electron chi connectivity index (χ1n) is 13.4. The number of halogens is 1. The van der Waals surface area contributed by atoms with E-state index in [0.717, 1.165) is 87.5 Å². The summed E-state index contributed by atoms with van der Waals surface area (Å²) in [7, 11) is 2.13. The van der Waals surface area contributed by atoms with E-state index in [2.05, 4.69) is 40.9 Å². The van der Waals surface area contributed by atoms with Crippen LogP contribution in [-0.4, -0.2) is 78.2 Å². The van der Waals surface area contributed by atoms with Crippen molar-refractivity contribution in [3.05, 3.63) is 23.8 Å². The SMILES string of the molecule is CC(C)N1CCC(Nc2nc(C3CCCCC3)nc3cc(N4CCN(C)CC4)c(F)cc23)CC1. The van der Waals surface area contributed by atoms with Crippen LogP contribution in [0.3, 0.4) is 0 Å². The van der Waals surface area contributed by atoms with Crippen LogP contribution in [0.4, 0.5) is 15.9 Å². The second-order valence-corrected chi connectivity index (χ2v) is 10.9. The molecule has 2 saturated heterocycles. The Bertz CT molecular complexity index is 973. The van der Waals surface area contributed by atoms with Gasteiger partial charge in [0.1, 0.15) is 17.5 Å². The number of benzene rings is 1. The molecule has 186 valence electrons. The second kappa shape index (κ2) is 10.3. The number of piperidine rings is 1. The Morgan fingerprint density at radius 1 is 0.912 bits per heavy atom. The summed E-state index contributed by atoms with van der Waals surface area (Å²) < 4.78 is 15.4. The van der Waals surface area contributed by atoms with Gasteiger partial charge in [0.05, 0.1) is 11.2 Å². The van der Waals surface area contributed by atoms with E-state index in [1.807, 2.05) is 6.07 Å². The zero-order valence-corrected chi connectivity index (χ0v) is 21.2. The summed E-state index contributed by atoms with van der Waals surface area (Å²) in [6, 6.07) is 4.61. The Hall–Kier alpha value is -1.99. The van der Waals surface area contributed by atoms with E-state index in [9.17, 15) is 0 Å². The highest BCUT2D eigenvalue weighted by atomic mass is 19.1. The van der Waals surface area contributed by atoms with Crippen molar-refractivity contribution in [3.63, 3.8) is 0 Å². The average Bonchev–Trinajstić information content (AvgIpc) is 2.85. The average molecular weight is 469 g/mol. The van der Waals surface area contributed by atoms with E-state index in [4.69, 9.17) is 9.97 Å². The molecule has 1 aliphatic carbocycles. The van der Waals surface area contributed by atoms with Gasteiger partial charge in [-0.25, -0.2) is 14.4 Å². The molecule has 1 aromatic heterocycles. The van der Waals surface area contributed by atoms with Crippen LogP contribution in [0.15, 0.2) is 12.1 Å². The lowest BCUT2D eigenvalue weighted by molar-refractivity contribution is 0.177. The molecule has 1 saturated carbocycles. The predicted octanol–water partition coefficient (Wildman–Crippen LogP) is 4.85. The molecule has 3 heterocycles. The molecule has 6 nitrogen and oxygen atoms in total. The molecule has 7 heteroatoms. The first-order chi connectivity index (χ1) is 16.5. The molecule has 3 aliphatic rings. The highest BCUT2D eigenvalue weighted by molar-refractivity contribution is 5.92. The van der Waals surface area contributed by atoms with E-state index in [1.54, 1.807) is 6.07 Å². The maximum Gasteiger partial charge on any atom is 0.147 e. The van der Waals surface area contributed by atoms with Gasteiger partial charge in [0.15, 0.2) is 0 Å². The maximum atomic E-state index is 15.4. The van der Waals surface area contributed by atoms with Gasteiger partial charge in [-0.2, -0.15) is 0 Å². The van der Waals surface area contributed by atoms with E-state index >= 15 is 4.39 Å². The number of fused-ring (bicyclic) bond motifs is 1. The molecule has 1 N–H and O–H groups in total. The first-order valence-corrected chi connectivity index (χ1v) is 13.4. The fourth-order valence-corrected chi connectivity index (χ4v) is 5.85. The zero-order valence-electron chi connectivity index (χ0n) is 21.2. The minimum atomic E-state index is -0.163. The number of anilines is 2. The summed E-state index contributed by atoms with van der Waals surface area (Å²) in [5.41, 5.74) is 1.57. The van der Waals surface area contributed by atoms with Crippen molar-refractivity contribution in [2.45, 2.75) is 76.8 Å². The van der Waals surface area contributed by atoms with Crippen molar-refractivity contribution in [1.82, 2.24) is 19.8 Å². The minimum Gasteiger partial charge on any atom is -0.367 e. The van der Waals surface area contributed by atoms with Crippen molar-refractivity contribution in [2.75, 3.05) is 56.5 Å². The van der Waals surface area contributed by atoms with Crippen molar-refractivity contribution in [1.29, 1.82) is 0 Å². The van der Waals surface area contributed by atoms with E-state index in [0.29, 0.717) is 23.7 Å². The first kappa shape index (κ1) is 23.7. The molecule has 0 radical (unpaired) electrons. The van der Waals surface area contributed by atoms with Crippen molar-refractivity contribution >= 4 is 22.4 Å². The summed E-state index contributed by atoms with van der Waals surface area (Å²) in [5, 5.41) is 4.55. The number of likely N-dealkylation sites (N-methyl/N-ethyl adjacent to an activating group) is 1. The number of piperazine rings is 1. The van der Waals surface area contributed by atoms with Gasteiger partial charge >= 0.3 is 0 Å². The maximum absolute atomic E-state index is 15.4. The fraction of sp³-hybridized carbons (Fsp3) is 0.704. The van der Waals surface area contributed by atoms with Crippen molar-refractivity contribution in [2.24, 2.45) is 0 Å². The second-order valence-electron chi connectivity index (χ2n) is 10.9. The van der Waals surface area contributed by atoms with Crippen LogP contribution in [0.5, 0.6) is 0 Å². The van der Waals surface area contributed by atoms with Gasteiger partial charge in [-0.1, -0.05) is 19.3 Å². The van der Waals surface area contributed by atoms with Gasteiger partial charge in [-0.3, -0.25) is 0 Å². The molecule has 0 spiro atoms. The lowest BCUT2D eigenvalue weighted by Gasteiger charge is -2.35. The van der Waals surface area contributed by atoms with Crippen LogP contribution in [0.2, 0.25) is 0 Å². The van der Waals surface area contributed by atoms with E-state index < -0.39 is 0 Å². The fourth-order valence-electron chi connectivity index (χ4n) is 5.85. The quantitative estimate of drug-likeness (QED) is 0.677. The minimum absolute atomic E-state index is 0.163. The lowest BCUT2D eigenvalue weighted by atomic mass is 9.88. The van der Waals surface area contributed by atoms with Gasteiger partial charge in [0.25, 0.3) is 0 Å². The van der Waals surface area contributed by atoms with Crippen LogP contribution in [-0.2, 0) is 0 Å². The smallest absolute Gasteiger partial charge is 0.147 e. The molecule has 3 fully saturated rings. The third kappa shape index (κ3) is 5.15. The third-order valence-corrected chi connectivity index (χ3v) is 8.20. The Morgan fingerprint density at radius 2 is 1.62 bits per heavy atom. The third-order valence-electron chi connectivity index (χ3n) is 8.20. The summed E-state index contributed by atoms with van der Waals surface area (Å²) in [6.45, 7) is 10.3. The number of hydrogen-bond donors (Lipinski definition) is 1. The summed E-state index contributed by atoms with van der Waals surface area (Å²) in [6.07, 6.45) is 8.29. The Kier molecular flexibility index (Phi) is 7.21. The molecular formula is C27H41FN6. The lowest BCUT2D eigenvalue weighted by Crippen LogP contribution is -2.44. The van der Waals surface area contributed by atoms with Crippen molar-refractivity contribution < 1.29 is 4.39 Å². The summed E-state index contributed by atoms with van der Waals surface area (Å²) in [4.78, 5) is 17.1. The van der Waals surface area contributed by atoms with Gasteiger partial charge in [-0.15, -0.1) is 0 Å². The standard InChI is InChI=1S/C27H41FN6/c1-19(2)33-11-9-21(10-12-33)29-27-22-17-23(28)25(34-15-13-32(3)14-16-34)18-24(22)30-26(31-27)20-7-5-4-6-8-20/h17-21H,4-16H2,1-3H3,(H,29,30,31). The number of likely N-dealkylation sites (tertiary alicyclic amines) is 1. The molecule has 0 unspecified atom stereocenters. The molecule has 34 heavy (non-hydrogen) atoms. The van der Waals surface area contributed by atoms with Gasteiger partial charge < -0.3 is 20.0 Å². The molecule has 2 aliphatic heterocycles. The highest BCUT2D eigenvalue weighted by Crippen LogP contribution is 2.35. The highest BCUT2D eigenvalue weighted by Gasteiger charge is 2.25. The molecule has 0 bridgehead atoms. The monoisotopic (exact) mass is 468 g/mol. The molecule has 2 aromatic rings. The van der Waals surface area contributed by atoms with Crippen LogP contribution in [0, 0.1) is 5.82 Å². The van der Waals surface area contributed by atoms with Crippen LogP contribution in [0.1, 0.15) is 70.5 Å². The normalized spacial score (nSPS) is 22.1. The number of nitrogens with zero attached hydrogens (tertiary/aromatic N) is 5. The van der Waals surface area contributed by atoms with Gasteiger partial charge in [0.2, 0.25) is 0 Å². The van der Waals surface area contributed by atoms with E-state index in [-0.39, 0.29) is 5.82 Å². The van der Waals surface area contributed by atoms with Crippen LogP contribution in [0.25, 0.3) is 10.9 Å². The summed E-state index contributed by atoms with van der Waals surface area (Å²) in [5.74, 6) is 2.03. The number of nitrogens with one attached hydrogen (secondary N) is 1. The number of hydrogen-bond acceptors (Lipinski definition) is 6. The summed E-state index contributed by atoms with van der Waals surface area (Å²) >= 11 is 0. The molecule has 1 aromatic carbocycles. The van der Waals surface area contributed by atoms with Gasteiger partial charge in [0, 0.05) is 62.7 Å². The zero-order chi connectivity index (χ0) is 23.7. The van der Waals surface area contributed by atoms with Gasteiger partial charge in [-0.05, 0) is 58.7 Å². The number of rotatable bonds is 5. The van der Waals surface area contributed by atoms with Crippen molar-refractivity contribution in [3.8, 4) is 0 Å². The Balaban J connectivity index is 1.47. The topological polar surface area (TPSA) is 47.5 Å². The Labute approximate surface area is 203 Å². The molecular weight excluding hydrogens is 427 g/mol. The molecule has 0 amide bonds.